The molecule has 0 spiro atoms. The summed E-state index contributed by atoms with van der Waals surface area (Å²) < 4.78 is 39.4. The summed E-state index contributed by atoms with van der Waals surface area (Å²) in [6.07, 6.45) is 1.46. The van der Waals surface area contributed by atoms with Crippen molar-refractivity contribution in [2.24, 2.45) is 5.92 Å². The molecule has 0 atom stereocenters. The maximum Gasteiger partial charge on any atom is 0.254 e. The van der Waals surface area contributed by atoms with Crippen LogP contribution >= 0.6 is 0 Å². The molecule has 2 aliphatic rings. The van der Waals surface area contributed by atoms with Crippen LogP contribution in [0.3, 0.4) is 0 Å². The van der Waals surface area contributed by atoms with E-state index in [2.05, 4.69) is 4.72 Å². The molecule has 8 heteroatoms. The average Bonchev–Trinajstić information content (AvgIpc) is 3.33. The molecule has 2 fully saturated rings. The number of piperidine rings is 1. The van der Waals surface area contributed by atoms with Crippen LogP contribution in [0.1, 0.15) is 34.3 Å². The summed E-state index contributed by atoms with van der Waals surface area (Å²) in [4.78, 5) is 15.0. The van der Waals surface area contributed by atoms with Crippen LogP contribution in [0.15, 0.2) is 53.4 Å². The lowest BCUT2D eigenvalue weighted by Gasteiger charge is -2.34. The van der Waals surface area contributed by atoms with Crippen LogP contribution in [-0.4, -0.2) is 51.8 Å². The lowest BCUT2D eigenvalue weighted by molar-refractivity contribution is -0.0956. The average molecular weight is 445 g/mol. The number of hydrogen-bond acceptors (Lipinski definition) is 5. The third kappa shape index (κ3) is 5.15. The van der Waals surface area contributed by atoms with E-state index in [0.29, 0.717) is 37.8 Å². The van der Waals surface area contributed by atoms with Crippen molar-refractivity contribution >= 4 is 15.9 Å². The second-order valence-electron chi connectivity index (χ2n) is 8.03. The standard InChI is InChI=1S/C23H28N2O5S/c1-17-7-8-20(31(27,28)24-16-18-5-3-2-4-6-18)15-21(17)22(26)25-11-9-19(10-12-25)23-29-13-14-30-23/h2-8,15,19,23-24H,9-14,16H2,1H3. The number of rotatable bonds is 6. The third-order valence-corrected chi connectivity index (χ3v) is 7.32. The molecule has 1 amide bonds. The van der Waals surface area contributed by atoms with Crippen molar-refractivity contribution in [1.82, 2.24) is 9.62 Å². The summed E-state index contributed by atoms with van der Waals surface area (Å²) in [5.74, 6) is 0.158. The van der Waals surface area contributed by atoms with Gasteiger partial charge >= 0.3 is 0 Å². The summed E-state index contributed by atoms with van der Waals surface area (Å²) in [7, 11) is -3.74. The van der Waals surface area contributed by atoms with Gasteiger partial charge in [-0.3, -0.25) is 4.79 Å². The van der Waals surface area contributed by atoms with Gasteiger partial charge in [0.1, 0.15) is 0 Å². The van der Waals surface area contributed by atoms with E-state index < -0.39 is 10.0 Å². The third-order valence-electron chi connectivity index (χ3n) is 5.92. The van der Waals surface area contributed by atoms with E-state index in [1.807, 2.05) is 37.3 Å². The van der Waals surface area contributed by atoms with E-state index in [1.165, 1.54) is 6.07 Å². The number of aryl methyl sites for hydroxylation is 1. The molecule has 0 unspecified atom stereocenters. The number of carbonyl (C=O) groups is 1. The molecule has 1 N–H and O–H groups in total. The fourth-order valence-corrected chi connectivity index (χ4v) is 5.09. The first kappa shape index (κ1) is 22.0. The molecule has 0 radical (unpaired) electrons. The molecule has 166 valence electrons. The van der Waals surface area contributed by atoms with Crippen LogP contribution in [0.4, 0.5) is 0 Å². The molecule has 0 aliphatic carbocycles. The molecule has 0 bridgehead atoms. The number of nitrogens with one attached hydrogen (secondary N) is 1. The highest BCUT2D eigenvalue weighted by Gasteiger charge is 2.32. The van der Waals surface area contributed by atoms with Crippen LogP contribution < -0.4 is 4.72 Å². The molecule has 2 aromatic rings. The minimum absolute atomic E-state index is 0.0972. The van der Waals surface area contributed by atoms with Crippen LogP contribution in [-0.2, 0) is 26.0 Å². The smallest absolute Gasteiger partial charge is 0.254 e. The number of ether oxygens (including phenoxy) is 2. The summed E-state index contributed by atoms with van der Waals surface area (Å²) in [6.45, 7) is 4.49. The highest BCUT2D eigenvalue weighted by Crippen LogP contribution is 2.27. The molecule has 2 saturated heterocycles. The van der Waals surface area contributed by atoms with Gasteiger partial charge in [0, 0.05) is 31.1 Å². The van der Waals surface area contributed by atoms with Gasteiger partial charge in [-0.25, -0.2) is 13.1 Å². The molecule has 2 aromatic carbocycles. The fraction of sp³-hybridized carbons (Fsp3) is 0.435. The molecule has 0 saturated carbocycles. The maximum atomic E-state index is 13.2. The topological polar surface area (TPSA) is 84.9 Å². The van der Waals surface area contributed by atoms with E-state index in [4.69, 9.17) is 9.47 Å². The normalized spacial score (nSPS) is 18.4. The van der Waals surface area contributed by atoms with Gasteiger partial charge in [-0.15, -0.1) is 0 Å². The minimum Gasteiger partial charge on any atom is -0.350 e. The van der Waals surface area contributed by atoms with Crippen molar-refractivity contribution in [3.8, 4) is 0 Å². The fourth-order valence-electron chi connectivity index (χ4n) is 4.05. The van der Waals surface area contributed by atoms with Crippen molar-refractivity contribution in [2.75, 3.05) is 26.3 Å². The Balaban J connectivity index is 1.44. The second kappa shape index (κ2) is 9.48. The number of sulfonamides is 1. The first-order valence-electron chi connectivity index (χ1n) is 10.6. The van der Waals surface area contributed by atoms with Gasteiger partial charge in [-0.05, 0) is 43.0 Å². The predicted octanol–water partition coefficient (Wildman–Crippen LogP) is 2.70. The molecule has 0 aromatic heterocycles. The van der Waals surface area contributed by atoms with E-state index in [0.717, 1.165) is 24.0 Å². The summed E-state index contributed by atoms with van der Waals surface area (Å²) in [5, 5.41) is 0. The zero-order valence-corrected chi connectivity index (χ0v) is 18.4. The number of benzene rings is 2. The van der Waals surface area contributed by atoms with Crippen LogP contribution in [0.5, 0.6) is 0 Å². The number of carbonyl (C=O) groups excluding carboxylic acids is 1. The zero-order valence-electron chi connectivity index (χ0n) is 17.6. The monoisotopic (exact) mass is 444 g/mol. The number of likely N-dealkylation sites (tertiary alicyclic amines) is 1. The number of hydrogen-bond donors (Lipinski definition) is 1. The van der Waals surface area contributed by atoms with Crippen molar-refractivity contribution in [2.45, 2.75) is 37.5 Å². The molecule has 2 aliphatic heterocycles. The molecule has 31 heavy (non-hydrogen) atoms. The molecular weight excluding hydrogens is 416 g/mol. The summed E-state index contributed by atoms with van der Waals surface area (Å²) in [6, 6.07) is 14.0. The largest absolute Gasteiger partial charge is 0.350 e. The van der Waals surface area contributed by atoms with Gasteiger partial charge in [0.2, 0.25) is 10.0 Å². The Morgan fingerprint density at radius 2 is 1.74 bits per heavy atom. The quantitative estimate of drug-likeness (QED) is 0.741. The Morgan fingerprint density at radius 1 is 1.06 bits per heavy atom. The van der Waals surface area contributed by atoms with E-state index >= 15 is 0 Å². The van der Waals surface area contributed by atoms with Gasteiger partial charge in [0.25, 0.3) is 5.91 Å². The highest BCUT2D eigenvalue weighted by atomic mass is 32.2. The summed E-state index contributed by atoms with van der Waals surface area (Å²) in [5.41, 5.74) is 2.05. The first-order valence-corrected chi connectivity index (χ1v) is 12.1. The predicted molar refractivity (Wildman–Crippen MR) is 116 cm³/mol. The van der Waals surface area contributed by atoms with Crippen molar-refractivity contribution in [3.63, 3.8) is 0 Å². The molecule has 4 rings (SSSR count). The van der Waals surface area contributed by atoms with Crippen LogP contribution in [0, 0.1) is 12.8 Å². The lowest BCUT2D eigenvalue weighted by Crippen LogP contribution is -2.41. The Kier molecular flexibility index (Phi) is 6.71. The van der Waals surface area contributed by atoms with Gasteiger partial charge in [-0.1, -0.05) is 36.4 Å². The number of amides is 1. The first-order chi connectivity index (χ1) is 14.9. The van der Waals surface area contributed by atoms with Crippen LogP contribution in [0.2, 0.25) is 0 Å². The Bertz CT molecular complexity index is 1010. The Labute approximate surface area is 183 Å². The molecule has 7 nitrogen and oxygen atoms in total. The lowest BCUT2D eigenvalue weighted by atomic mass is 9.95. The van der Waals surface area contributed by atoms with Crippen molar-refractivity contribution in [3.05, 3.63) is 65.2 Å². The van der Waals surface area contributed by atoms with Gasteiger partial charge < -0.3 is 14.4 Å². The van der Waals surface area contributed by atoms with E-state index in [-0.39, 0.29) is 23.6 Å². The molecule has 2 heterocycles. The second-order valence-corrected chi connectivity index (χ2v) is 9.79. The van der Waals surface area contributed by atoms with Crippen molar-refractivity contribution < 1.29 is 22.7 Å². The van der Waals surface area contributed by atoms with Gasteiger partial charge in [0.05, 0.1) is 18.1 Å². The highest BCUT2D eigenvalue weighted by molar-refractivity contribution is 7.89. The van der Waals surface area contributed by atoms with E-state index in [1.54, 1.807) is 17.0 Å². The van der Waals surface area contributed by atoms with Gasteiger partial charge in [0.15, 0.2) is 6.29 Å². The van der Waals surface area contributed by atoms with Crippen LogP contribution in [0.25, 0.3) is 0 Å². The Hall–Kier alpha value is -2.26. The van der Waals surface area contributed by atoms with E-state index in [9.17, 15) is 13.2 Å². The SMILES string of the molecule is Cc1ccc(S(=O)(=O)NCc2ccccc2)cc1C(=O)N1CCC(C2OCCO2)CC1. The molecular formula is C23H28N2O5S. The maximum absolute atomic E-state index is 13.2. The van der Waals surface area contributed by atoms with Gasteiger partial charge in [-0.2, -0.15) is 0 Å². The number of nitrogens with zero attached hydrogens (tertiary/aromatic N) is 1. The summed E-state index contributed by atoms with van der Waals surface area (Å²) >= 11 is 0. The van der Waals surface area contributed by atoms with Crippen molar-refractivity contribution in [1.29, 1.82) is 0 Å². The minimum atomic E-state index is -3.74. The Morgan fingerprint density at radius 3 is 2.42 bits per heavy atom. The zero-order chi connectivity index (χ0) is 21.8.